The topological polar surface area (TPSA) is 75.7 Å². The summed E-state index contributed by atoms with van der Waals surface area (Å²) in [6.07, 6.45) is -5.50. The van der Waals surface area contributed by atoms with Crippen LogP contribution in [0.5, 0.6) is 23.0 Å². The number of piperidine rings is 2. The first-order chi connectivity index (χ1) is 29.2. The Balaban J connectivity index is 1.29. The van der Waals surface area contributed by atoms with E-state index in [1.807, 2.05) is 42.1 Å². The number of benzene rings is 2. The van der Waals surface area contributed by atoms with Gasteiger partial charge in [-0.2, -0.15) is 30.7 Å². The van der Waals surface area contributed by atoms with Crippen LogP contribution < -0.4 is 29.0 Å². The summed E-state index contributed by atoms with van der Waals surface area (Å²) in [7, 11) is 0. The number of likely N-dealkylation sites (tertiary alicyclic amines) is 2. The molecule has 2 aliphatic rings. The molecule has 0 N–H and O–H groups in total. The van der Waals surface area contributed by atoms with Crippen LogP contribution in [0.4, 0.5) is 42.4 Å². The van der Waals surface area contributed by atoms with E-state index in [1.165, 1.54) is 12.1 Å². The number of alkyl halides is 6. The van der Waals surface area contributed by atoms with Gasteiger partial charge in [0.2, 0.25) is 5.82 Å². The highest BCUT2D eigenvalue weighted by atomic mass is 19.4. The number of aromatic nitrogens is 2. The van der Waals surface area contributed by atoms with Crippen molar-refractivity contribution in [2.45, 2.75) is 90.9 Å². The molecule has 2 aliphatic heterocycles. The standard InChI is InChI=1S/C44H53F7N6O4/c1-5-58-36-21-30(22-37(25-36)59-6-2)28-54-17-13-34(14-18-54)56(40-11-9-32(26-52-40)43(46,47)48)57(41-12-10-33(27-53-41)44(49,50)51)35-15-19-55(20-16-35)29-31-23-38(60-7-3)42(45)39(24-31)61-8-4/h9-12,21-27,34-35H,5-8,13-20,28-29H2,1-4H3. The summed E-state index contributed by atoms with van der Waals surface area (Å²) >= 11 is 0. The number of hydrogen-bond donors (Lipinski definition) is 0. The third kappa shape index (κ3) is 11.7. The Morgan fingerprint density at radius 3 is 1.26 bits per heavy atom. The Bertz CT molecular complexity index is 1950. The number of nitrogens with zero attached hydrogens (tertiary/aromatic N) is 6. The molecule has 0 bridgehead atoms. The van der Waals surface area contributed by atoms with Gasteiger partial charge in [-0.1, -0.05) is 0 Å². The average molecular weight is 863 g/mol. The van der Waals surface area contributed by atoms with Gasteiger partial charge >= 0.3 is 12.4 Å². The van der Waals surface area contributed by atoms with Crippen LogP contribution in [0, 0.1) is 5.82 Å². The van der Waals surface area contributed by atoms with Crippen molar-refractivity contribution in [2.75, 3.05) is 62.6 Å². The highest BCUT2D eigenvalue weighted by molar-refractivity contribution is 5.54. The van der Waals surface area contributed by atoms with Crippen molar-refractivity contribution in [1.82, 2.24) is 19.8 Å². The van der Waals surface area contributed by atoms with Gasteiger partial charge in [-0.15, -0.1) is 0 Å². The molecule has 0 unspecified atom stereocenters. The van der Waals surface area contributed by atoms with Gasteiger partial charge in [-0.25, -0.2) is 9.97 Å². The quantitative estimate of drug-likeness (QED) is 0.0757. The summed E-state index contributed by atoms with van der Waals surface area (Å²) in [6, 6.07) is 13.1. The zero-order chi connectivity index (χ0) is 43.7. The molecule has 2 aromatic heterocycles. The van der Waals surface area contributed by atoms with Crippen molar-refractivity contribution >= 4 is 11.6 Å². The Hall–Kier alpha value is -5.03. The largest absolute Gasteiger partial charge is 0.494 e. The van der Waals surface area contributed by atoms with Crippen LogP contribution in [0.2, 0.25) is 0 Å². The lowest BCUT2D eigenvalue weighted by Gasteiger charge is -2.49. The molecule has 4 heterocycles. The molecule has 0 spiro atoms. The van der Waals surface area contributed by atoms with Gasteiger partial charge < -0.3 is 18.9 Å². The van der Waals surface area contributed by atoms with Crippen LogP contribution in [0.25, 0.3) is 0 Å². The number of ether oxygens (including phenoxy) is 4. The predicted molar refractivity (Wildman–Crippen MR) is 218 cm³/mol. The summed E-state index contributed by atoms with van der Waals surface area (Å²) in [5.41, 5.74) is -0.0500. The fraction of sp³-hybridized carbons (Fsp3) is 0.500. The fourth-order valence-electron chi connectivity index (χ4n) is 7.95. The summed E-state index contributed by atoms with van der Waals surface area (Å²) < 4.78 is 120. The zero-order valence-corrected chi connectivity index (χ0v) is 34.9. The molecule has 0 atom stereocenters. The molecule has 0 radical (unpaired) electrons. The van der Waals surface area contributed by atoms with E-state index < -0.39 is 29.3 Å². The summed E-state index contributed by atoms with van der Waals surface area (Å²) in [4.78, 5) is 13.1. The second-order valence-corrected chi connectivity index (χ2v) is 15.0. The van der Waals surface area contributed by atoms with Crippen molar-refractivity contribution in [3.05, 3.63) is 95.1 Å². The Morgan fingerprint density at radius 1 is 0.557 bits per heavy atom. The maximum Gasteiger partial charge on any atom is 0.417 e. The fourth-order valence-corrected chi connectivity index (χ4v) is 7.95. The van der Waals surface area contributed by atoms with Crippen molar-refractivity contribution in [3.8, 4) is 23.0 Å². The average Bonchev–Trinajstić information content (AvgIpc) is 3.22. The van der Waals surface area contributed by atoms with Gasteiger partial charge in [0.05, 0.1) is 49.6 Å². The monoisotopic (exact) mass is 862 g/mol. The van der Waals surface area contributed by atoms with Crippen LogP contribution in [0.1, 0.15) is 75.6 Å². The van der Waals surface area contributed by atoms with Crippen molar-refractivity contribution in [3.63, 3.8) is 0 Å². The van der Waals surface area contributed by atoms with E-state index in [1.54, 1.807) is 26.0 Å². The number of halogens is 7. The molecule has 2 aromatic carbocycles. The highest BCUT2D eigenvalue weighted by Crippen LogP contribution is 2.37. The third-order valence-corrected chi connectivity index (χ3v) is 10.7. The molecule has 61 heavy (non-hydrogen) atoms. The van der Waals surface area contributed by atoms with Crippen LogP contribution in [0.3, 0.4) is 0 Å². The van der Waals surface area contributed by atoms with E-state index in [0.717, 1.165) is 35.7 Å². The van der Waals surface area contributed by atoms with Crippen molar-refractivity contribution in [2.24, 2.45) is 0 Å². The molecular weight excluding hydrogens is 810 g/mol. The Labute approximate surface area is 352 Å². The molecule has 0 saturated carbocycles. The summed E-state index contributed by atoms with van der Waals surface area (Å²) in [5, 5.41) is 3.69. The third-order valence-electron chi connectivity index (χ3n) is 10.7. The van der Waals surface area contributed by atoms with E-state index in [2.05, 4.69) is 19.8 Å². The molecule has 2 saturated heterocycles. The van der Waals surface area contributed by atoms with Gasteiger partial charge in [0.1, 0.15) is 23.1 Å². The smallest absolute Gasteiger partial charge is 0.417 e. The first kappa shape index (κ1) is 45.5. The van der Waals surface area contributed by atoms with E-state index in [-0.39, 0.29) is 48.4 Å². The first-order valence-electron chi connectivity index (χ1n) is 20.8. The van der Waals surface area contributed by atoms with E-state index in [0.29, 0.717) is 89.7 Å². The minimum atomic E-state index is -4.63. The van der Waals surface area contributed by atoms with Crippen molar-refractivity contribution < 1.29 is 49.7 Å². The Kier molecular flexibility index (Phi) is 15.1. The second kappa shape index (κ2) is 20.2. The van der Waals surface area contributed by atoms with E-state index in [9.17, 15) is 26.3 Å². The van der Waals surface area contributed by atoms with Crippen LogP contribution in [-0.4, -0.2) is 84.5 Å². The summed E-state index contributed by atoms with van der Waals surface area (Å²) in [5.74, 6) is 1.46. The van der Waals surface area contributed by atoms with Crippen molar-refractivity contribution in [1.29, 1.82) is 0 Å². The van der Waals surface area contributed by atoms with E-state index >= 15 is 4.39 Å². The van der Waals surface area contributed by atoms with Gasteiger partial charge in [-0.05, 0) is 113 Å². The normalized spacial score (nSPS) is 16.0. The van der Waals surface area contributed by atoms with Gasteiger partial charge in [0.15, 0.2) is 11.5 Å². The van der Waals surface area contributed by atoms with Crippen LogP contribution in [0.15, 0.2) is 67.0 Å². The number of pyridine rings is 2. The number of hydrogen-bond acceptors (Lipinski definition) is 10. The number of hydrazine groups is 1. The molecule has 332 valence electrons. The zero-order valence-electron chi connectivity index (χ0n) is 34.9. The lowest BCUT2D eigenvalue weighted by molar-refractivity contribution is -0.138. The van der Waals surface area contributed by atoms with Crippen LogP contribution >= 0.6 is 0 Å². The number of rotatable bonds is 17. The lowest BCUT2D eigenvalue weighted by Crippen LogP contribution is -2.59. The molecule has 17 heteroatoms. The van der Waals surface area contributed by atoms with Gasteiger partial charge in [0.25, 0.3) is 0 Å². The van der Waals surface area contributed by atoms with Crippen LogP contribution in [-0.2, 0) is 25.4 Å². The molecule has 6 rings (SSSR count). The second-order valence-electron chi connectivity index (χ2n) is 15.0. The molecule has 2 fully saturated rings. The molecule has 4 aromatic rings. The maximum atomic E-state index is 15.0. The minimum absolute atomic E-state index is 0.0953. The Morgan fingerprint density at radius 2 is 0.934 bits per heavy atom. The molecule has 10 nitrogen and oxygen atoms in total. The molecule has 0 aliphatic carbocycles. The number of anilines is 2. The lowest BCUT2D eigenvalue weighted by atomic mass is 10.0. The molecule has 0 amide bonds. The first-order valence-corrected chi connectivity index (χ1v) is 20.8. The minimum Gasteiger partial charge on any atom is -0.494 e. The van der Waals surface area contributed by atoms with Gasteiger partial charge in [-0.3, -0.25) is 19.8 Å². The maximum absolute atomic E-state index is 15.0. The van der Waals surface area contributed by atoms with E-state index in [4.69, 9.17) is 18.9 Å². The summed E-state index contributed by atoms with van der Waals surface area (Å²) in [6.45, 7) is 12.3. The highest BCUT2D eigenvalue weighted by Gasteiger charge is 2.38. The predicted octanol–water partition coefficient (Wildman–Crippen LogP) is 9.81. The SMILES string of the molecule is CCOc1cc(CN2CCC(N(c3ccc(C(F)(F)F)cn3)N(c3ccc(C(F)(F)F)cn3)C3CCN(Cc4cc(OCC)c(F)c(OCC)c4)CC3)CC2)cc(OCC)c1. The van der Waals surface area contributed by atoms with Gasteiger partial charge in [0, 0.05) is 57.7 Å². The molecular formula is C44H53F7N6O4.